The monoisotopic (exact) mass is 596 g/mol. The number of benzene rings is 2. The van der Waals surface area contributed by atoms with Crippen LogP contribution in [0.2, 0.25) is 0 Å². The number of amides is 1. The molecule has 2 aromatic carbocycles. The number of rotatable bonds is 6. The Labute approximate surface area is 230 Å². The summed E-state index contributed by atoms with van der Waals surface area (Å²) in [6.45, 7) is 0.870. The van der Waals surface area contributed by atoms with Crippen molar-refractivity contribution in [2.75, 3.05) is 19.4 Å². The van der Waals surface area contributed by atoms with Crippen LogP contribution in [0.15, 0.2) is 58.9 Å². The summed E-state index contributed by atoms with van der Waals surface area (Å²) in [4.78, 5) is 27.8. The minimum Gasteiger partial charge on any atom is -0.497 e. The second-order valence-electron chi connectivity index (χ2n) is 8.73. The van der Waals surface area contributed by atoms with Gasteiger partial charge in [-0.05, 0) is 58.5 Å². The number of nitrogens with two attached hydrogens (primary N) is 1. The van der Waals surface area contributed by atoms with Gasteiger partial charge in [0.05, 0.1) is 16.7 Å². The van der Waals surface area contributed by atoms with Gasteiger partial charge in [0.1, 0.15) is 17.6 Å². The summed E-state index contributed by atoms with van der Waals surface area (Å²) in [5, 5.41) is 11.7. The highest BCUT2D eigenvalue weighted by atomic mass is 32.2. The molecule has 0 bridgehead atoms. The van der Waals surface area contributed by atoms with Crippen molar-refractivity contribution in [3.05, 3.63) is 59.6 Å². The average Bonchev–Trinajstić information content (AvgIpc) is 3.47. The van der Waals surface area contributed by atoms with Crippen LogP contribution in [0.1, 0.15) is 12.0 Å². The maximum Gasteiger partial charge on any atom is 0.490 e. The summed E-state index contributed by atoms with van der Waals surface area (Å²) in [6, 6.07) is 11.4. The number of carbonyl (C=O) groups is 2. The van der Waals surface area contributed by atoms with Gasteiger partial charge in [0.15, 0.2) is 0 Å². The molecule has 0 spiro atoms. The zero-order valence-corrected chi connectivity index (χ0v) is 22.4. The Morgan fingerprint density at radius 3 is 2.60 bits per heavy atom. The highest BCUT2D eigenvalue weighted by Gasteiger charge is 2.38. The van der Waals surface area contributed by atoms with Crippen molar-refractivity contribution in [2.45, 2.75) is 30.1 Å². The van der Waals surface area contributed by atoms with Crippen molar-refractivity contribution >= 4 is 59.9 Å². The topological polar surface area (TPSA) is 152 Å². The quantitative estimate of drug-likeness (QED) is 0.304. The van der Waals surface area contributed by atoms with Gasteiger partial charge in [0, 0.05) is 24.7 Å². The van der Waals surface area contributed by atoms with E-state index in [1.165, 1.54) is 11.3 Å². The number of halogens is 3. The lowest BCUT2D eigenvalue weighted by molar-refractivity contribution is -0.192. The number of nitrogen functional groups attached to an aromatic ring is 1. The minimum atomic E-state index is -5.08. The van der Waals surface area contributed by atoms with Gasteiger partial charge in [-0.1, -0.05) is 12.1 Å². The van der Waals surface area contributed by atoms with E-state index in [4.69, 9.17) is 20.4 Å². The van der Waals surface area contributed by atoms with Crippen LogP contribution in [0.4, 0.5) is 19.0 Å². The number of sulfonamides is 1. The molecule has 1 saturated heterocycles. The lowest BCUT2D eigenvalue weighted by atomic mass is 10.1. The van der Waals surface area contributed by atoms with Crippen molar-refractivity contribution in [1.29, 1.82) is 0 Å². The Morgan fingerprint density at radius 2 is 1.93 bits per heavy atom. The standard InChI is InChI=1S/C23H22N4O4S2.C2HF3O2/c1-31-17-4-2-14-3-5-18(11-15(14)10-17)33(29,30)26-20-7-9-27(23(20)28)12-16-13-32-21-19(16)6-8-25-22(21)24;3-2(4,5)1(6)7/h2-6,8,10-11,13,20,26H,7,9,12H2,1H3,(H2,24,25);(H,6,7)/t20-;/m0./s1. The summed E-state index contributed by atoms with van der Waals surface area (Å²) < 4.78 is 66.5. The van der Waals surface area contributed by atoms with Crippen LogP contribution in [0.5, 0.6) is 5.75 Å². The number of hydrogen-bond donors (Lipinski definition) is 3. The first-order chi connectivity index (χ1) is 18.8. The van der Waals surface area contributed by atoms with Crippen LogP contribution in [-0.4, -0.2) is 61.2 Å². The van der Waals surface area contributed by atoms with Crippen LogP contribution >= 0.6 is 11.3 Å². The number of nitrogens with zero attached hydrogens (tertiary/aromatic N) is 2. The number of pyridine rings is 1. The predicted molar refractivity (Wildman–Crippen MR) is 142 cm³/mol. The summed E-state index contributed by atoms with van der Waals surface area (Å²) >= 11 is 1.49. The first-order valence-corrected chi connectivity index (χ1v) is 14.0. The normalized spacial score (nSPS) is 15.8. The first kappa shape index (κ1) is 29.0. The minimum absolute atomic E-state index is 0.112. The van der Waals surface area contributed by atoms with Crippen molar-refractivity contribution in [3.8, 4) is 5.75 Å². The van der Waals surface area contributed by atoms with E-state index < -0.39 is 28.2 Å². The Bertz CT molecular complexity index is 1690. The van der Waals surface area contributed by atoms with Crippen molar-refractivity contribution in [3.63, 3.8) is 0 Å². The van der Waals surface area contributed by atoms with Crippen molar-refractivity contribution in [1.82, 2.24) is 14.6 Å². The number of hydrogen-bond acceptors (Lipinski definition) is 8. The molecule has 2 aromatic heterocycles. The maximum absolute atomic E-state index is 13.0. The second kappa shape index (κ2) is 11.3. The van der Waals surface area contributed by atoms with Crippen LogP contribution in [0, 0.1) is 0 Å². The molecule has 0 aliphatic carbocycles. The third-order valence-corrected chi connectivity index (χ3v) is 8.66. The fourth-order valence-electron chi connectivity index (χ4n) is 4.12. The zero-order chi connectivity index (χ0) is 29.2. The van der Waals surface area contributed by atoms with E-state index in [1.807, 2.05) is 23.6 Å². The molecule has 212 valence electrons. The molecule has 1 amide bonds. The van der Waals surface area contributed by atoms with Crippen LogP contribution in [0.3, 0.4) is 0 Å². The number of aromatic nitrogens is 1. The number of aliphatic carboxylic acids is 1. The van der Waals surface area contributed by atoms with E-state index in [-0.39, 0.29) is 10.8 Å². The molecule has 0 unspecified atom stereocenters. The Hall–Kier alpha value is -3.95. The molecule has 10 nitrogen and oxygen atoms in total. The lowest BCUT2D eigenvalue weighted by Gasteiger charge is -2.17. The molecule has 40 heavy (non-hydrogen) atoms. The van der Waals surface area contributed by atoms with Gasteiger partial charge >= 0.3 is 12.1 Å². The largest absolute Gasteiger partial charge is 0.497 e. The number of carbonyl (C=O) groups excluding carboxylic acids is 1. The molecule has 1 aliphatic rings. The highest BCUT2D eigenvalue weighted by molar-refractivity contribution is 7.89. The summed E-state index contributed by atoms with van der Waals surface area (Å²) in [7, 11) is -2.31. The van der Waals surface area contributed by atoms with E-state index in [0.717, 1.165) is 26.4 Å². The van der Waals surface area contributed by atoms with E-state index in [9.17, 15) is 26.4 Å². The molecule has 0 saturated carbocycles. The highest BCUT2D eigenvalue weighted by Crippen LogP contribution is 2.31. The molecule has 1 atom stereocenters. The average molecular weight is 597 g/mol. The molecule has 4 aromatic rings. The maximum atomic E-state index is 13.0. The molecule has 1 aliphatic heterocycles. The lowest BCUT2D eigenvalue weighted by Crippen LogP contribution is -2.41. The Kier molecular flexibility index (Phi) is 8.18. The number of carboxylic acid groups (broad SMARTS) is 1. The van der Waals surface area contributed by atoms with Gasteiger partial charge in [-0.15, -0.1) is 11.3 Å². The summed E-state index contributed by atoms with van der Waals surface area (Å²) in [5.41, 5.74) is 6.91. The predicted octanol–water partition coefficient (Wildman–Crippen LogP) is 3.75. The van der Waals surface area contributed by atoms with Gasteiger partial charge in [-0.2, -0.15) is 17.9 Å². The van der Waals surface area contributed by atoms with Crippen LogP contribution < -0.4 is 15.2 Å². The molecule has 1 fully saturated rings. The van der Waals surface area contributed by atoms with E-state index >= 15 is 0 Å². The zero-order valence-electron chi connectivity index (χ0n) is 20.8. The molecule has 4 N–H and O–H groups in total. The van der Waals surface area contributed by atoms with Crippen LogP contribution in [-0.2, 0) is 26.2 Å². The smallest absolute Gasteiger partial charge is 0.490 e. The number of ether oxygens (including phenoxy) is 1. The van der Waals surface area contributed by atoms with Crippen molar-refractivity contribution in [2.24, 2.45) is 0 Å². The molecular formula is C25H23F3N4O6S2. The van der Waals surface area contributed by atoms with Crippen molar-refractivity contribution < 1.29 is 41.0 Å². The Morgan fingerprint density at radius 1 is 1.23 bits per heavy atom. The SMILES string of the molecule is COc1ccc2ccc(S(=O)(=O)N[C@H]3CCN(Cc4csc5c(N)nccc45)C3=O)cc2c1.O=C(O)C(F)(F)F. The fraction of sp³-hybridized carbons (Fsp3) is 0.240. The number of nitrogens with one attached hydrogen (secondary N) is 1. The molecule has 0 radical (unpaired) electrons. The number of likely N-dealkylation sites (tertiary alicyclic amines) is 1. The molecule has 15 heteroatoms. The number of fused-ring (bicyclic) bond motifs is 2. The number of alkyl halides is 3. The van der Waals surface area contributed by atoms with Gasteiger partial charge in [-0.25, -0.2) is 18.2 Å². The summed E-state index contributed by atoms with van der Waals surface area (Å²) in [5.74, 6) is -1.88. The van der Waals surface area contributed by atoms with Gasteiger partial charge in [0.2, 0.25) is 15.9 Å². The molecular weight excluding hydrogens is 573 g/mol. The number of carboxylic acids is 1. The van der Waals surface area contributed by atoms with E-state index in [0.29, 0.717) is 31.1 Å². The van der Waals surface area contributed by atoms with Gasteiger partial charge < -0.3 is 20.5 Å². The van der Waals surface area contributed by atoms with Gasteiger partial charge in [-0.3, -0.25) is 4.79 Å². The number of anilines is 1. The summed E-state index contributed by atoms with van der Waals surface area (Å²) in [6.07, 6.45) is -3.03. The fourth-order valence-corrected chi connectivity index (χ4v) is 6.34. The number of methoxy groups -OCH3 is 1. The second-order valence-corrected chi connectivity index (χ2v) is 11.3. The third kappa shape index (κ3) is 6.26. The first-order valence-electron chi connectivity index (χ1n) is 11.6. The molecule has 5 rings (SSSR count). The van der Waals surface area contributed by atoms with Gasteiger partial charge in [0.25, 0.3) is 0 Å². The third-order valence-electron chi connectivity index (χ3n) is 6.12. The van der Waals surface area contributed by atoms with E-state index in [1.54, 1.807) is 42.5 Å². The van der Waals surface area contributed by atoms with E-state index in [2.05, 4.69) is 9.71 Å². The van der Waals surface area contributed by atoms with Crippen LogP contribution in [0.25, 0.3) is 20.9 Å². The molecule has 3 heterocycles. The number of thiophene rings is 1. The Balaban J connectivity index is 0.000000470.